The molecule has 0 radical (unpaired) electrons. The van der Waals surface area contributed by atoms with Crippen molar-refractivity contribution in [3.63, 3.8) is 0 Å². The maximum Gasteiger partial charge on any atom is 0.231 e. The molecule has 2 aromatic carbocycles. The number of nitrogens with zero attached hydrogens (tertiary/aromatic N) is 1. The number of para-hydroxylation sites is 1. The molecule has 1 aliphatic heterocycles. The summed E-state index contributed by atoms with van der Waals surface area (Å²) in [6.07, 6.45) is 0. The molecule has 0 aromatic heterocycles. The molecule has 5 nitrogen and oxygen atoms in total. The van der Waals surface area contributed by atoms with Crippen LogP contribution in [0, 0.1) is 0 Å². The molecule has 0 spiro atoms. The molecule has 0 aliphatic carbocycles. The van der Waals surface area contributed by atoms with Gasteiger partial charge in [0.15, 0.2) is 11.5 Å². The Labute approximate surface area is 142 Å². The van der Waals surface area contributed by atoms with Gasteiger partial charge in [-0.05, 0) is 32.2 Å². The molecule has 0 bridgehead atoms. The van der Waals surface area contributed by atoms with Crippen LogP contribution in [0.15, 0.2) is 36.4 Å². The van der Waals surface area contributed by atoms with E-state index in [1.165, 1.54) is 0 Å². The van der Waals surface area contributed by atoms with Gasteiger partial charge in [0.2, 0.25) is 12.5 Å². The van der Waals surface area contributed by atoms with E-state index >= 15 is 0 Å². The molecule has 0 fully saturated rings. The van der Waals surface area contributed by atoms with Gasteiger partial charge >= 0.3 is 0 Å². The van der Waals surface area contributed by atoms with Crippen LogP contribution >= 0.6 is 0 Å². The summed E-state index contributed by atoms with van der Waals surface area (Å²) in [4.78, 5) is 2.25. The minimum absolute atomic E-state index is 0.149. The van der Waals surface area contributed by atoms with Gasteiger partial charge in [-0.2, -0.15) is 0 Å². The fourth-order valence-corrected chi connectivity index (χ4v) is 2.96. The maximum absolute atomic E-state index is 5.68. The topological polar surface area (TPSA) is 40.2 Å². The molecule has 1 aliphatic rings. The van der Waals surface area contributed by atoms with E-state index < -0.39 is 0 Å². The van der Waals surface area contributed by atoms with E-state index in [9.17, 15) is 0 Å². The third-order valence-electron chi connectivity index (χ3n) is 4.46. The Bertz CT molecular complexity index is 717. The van der Waals surface area contributed by atoms with Crippen LogP contribution < -0.4 is 18.9 Å². The minimum Gasteiger partial charge on any atom is -0.496 e. The average molecular weight is 329 g/mol. The van der Waals surface area contributed by atoms with E-state index in [1.807, 2.05) is 30.3 Å². The molecule has 0 saturated carbocycles. The van der Waals surface area contributed by atoms with Crippen molar-refractivity contribution < 1.29 is 18.9 Å². The lowest BCUT2D eigenvalue weighted by Gasteiger charge is -2.26. The highest BCUT2D eigenvalue weighted by atomic mass is 16.7. The molecule has 0 saturated heterocycles. The highest BCUT2D eigenvalue weighted by Crippen LogP contribution is 2.46. The summed E-state index contributed by atoms with van der Waals surface area (Å²) >= 11 is 0. The highest BCUT2D eigenvalue weighted by molar-refractivity contribution is 5.57. The minimum atomic E-state index is 0.149. The van der Waals surface area contributed by atoms with Crippen molar-refractivity contribution in [3.8, 4) is 23.0 Å². The summed E-state index contributed by atoms with van der Waals surface area (Å²) in [6, 6.07) is 12.2. The molecule has 3 rings (SSSR count). The first-order chi connectivity index (χ1) is 11.7. The van der Waals surface area contributed by atoms with Crippen LogP contribution in [-0.2, 0) is 6.54 Å². The van der Waals surface area contributed by atoms with Gasteiger partial charge in [0.1, 0.15) is 5.75 Å². The second-order valence-electron chi connectivity index (χ2n) is 5.82. The Kier molecular flexibility index (Phi) is 4.81. The van der Waals surface area contributed by atoms with Crippen molar-refractivity contribution in [2.24, 2.45) is 0 Å². The van der Waals surface area contributed by atoms with Crippen molar-refractivity contribution in [1.82, 2.24) is 4.90 Å². The molecule has 1 atom stereocenters. The van der Waals surface area contributed by atoms with Crippen LogP contribution in [0.5, 0.6) is 23.0 Å². The van der Waals surface area contributed by atoms with E-state index in [-0.39, 0.29) is 12.8 Å². The number of ether oxygens (including phenoxy) is 4. The van der Waals surface area contributed by atoms with Crippen LogP contribution in [0.25, 0.3) is 0 Å². The lowest BCUT2D eigenvalue weighted by Crippen LogP contribution is -2.22. The number of benzene rings is 2. The first-order valence-electron chi connectivity index (χ1n) is 7.94. The Morgan fingerprint density at radius 3 is 2.46 bits per heavy atom. The van der Waals surface area contributed by atoms with Gasteiger partial charge in [0.25, 0.3) is 0 Å². The SMILES string of the molecule is COc1ccccc1CN(C)C(C)c1ccc(OC)c2c1OCO2. The van der Waals surface area contributed by atoms with Gasteiger partial charge in [0, 0.05) is 23.7 Å². The zero-order valence-corrected chi connectivity index (χ0v) is 14.5. The zero-order valence-electron chi connectivity index (χ0n) is 14.5. The predicted octanol–water partition coefficient (Wildman–Crippen LogP) is 3.63. The summed E-state index contributed by atoms with van der Waals surface area (Å²) in [5.74, 6) is 3.06. The maximum atomic E-state index is 5.68. The van der Waals surface area contributed by atoms with Crippen molar-refractivity contribution in [3.05, 3.63) is 47.5 Å². The number of methoxy groups -OCH3 is 2. The van der Waals surface area contributed by atoms with Crippen LogP contribution in [0.2, 0.25) is 0 Å². The molecule has 5 heteroatoms. The largest absolute Gasteiger partial charge is 0.496 e. The molecular formula is C19H23NO4. The fourth-order valence-electron chi connectivity index (χ4n) is 2.96. The molecule has 1 heterocycles. The number of fused-ring (bicyclic) bond motifs is 1. The van der Waals surface area contributed by atoms with Crippen molar-refractivity contribution >= 4 is 0 Å². The lowest BCUT2D eigenvalue weighted by molar-refractivity contribution is 0.168. The van der Waals surface area contributed by atoms with Gasteiger partial charge in [-0.25, -0.2) is 0 Å². The van der Waals surface area contributed by atoms with Gasteiger partial charge < -0.3 is 18.9 Å². The Morgan fingerprint density at radius 2 is 1.71 bits per heavy atom. The Balaban J connectivity index is 1.84. The van der Waals surface area contributed by atoms with E-state index in [1.54, 1.807) is 14.2 Å². The second kappa shape index (κ2) is 7.01. The van der Waals surface area contributed by atoms with Crippen LogP contribution in [0.3, 0.4) is 0 Å². The van der Waals surface area contributed by atoms with Crippen molar-refractivity contribution in [1.29, 1.82) is 0 Å². The summed E-state index contributed by atoms with van der Waals surface area (Å²) in [5, 5.41) is 0. The molecular weight excluding hydrogens is 306 g/mol. The highest BCUT2D eigenvalue weighted by Gasteiger charge is 2.27. The molecule has 1 unspecified atom stereocenters. The normalized spacial score (nSPS) is 13.9. The second-order valence-corrected chi connectivity index (χ2v) is 5.82. The Hall–Kier alpha value is -2.40. The summed E-state index contributed by atoms with van der Waals surface area (Å²) in [6.45, 7) is 3.15. The lowest BCUT2D eigenvalue weighted by atomic mass is 10.0. The van der Waals surface area contributed by atoms with E-state index in [0.717, 1.165) is 29.2 Å². The summed E-state index contributed by atoms with van der Waals surface area (Å²) < 4.78 is 22.0. The van der Waals surface area contributed by atoms with Gasteiger partial charge in [0.05, 0.1) is 14.2 Å². The average Bonchev–Trinajstić information content (AvgIpc) is 3.10. The molecule has 0 amide bonds. The number of hydrogen-bond acceptors (Lipinski definition) is 5. The first kappa shape index (κ1) is 16.5. The number of hydrogen-bond donors (Lipinski definition) is 0. The van der Waals surface area contributed by atoms with Gasteiger partial charge in [-0.1, -0.05) is 18.2 Å². The van der Waals surface area contributed by atoms with E-state index in [4.69, 9.17) is 18.9 Å². The standard InChI is InChI=1S/C19H23NO4/c1-13(20(2)11-14-7-5-6-8-16(14)21-3)15-9-10-17(22-4)19-18(15)23-12-24-19/h5-10,13H,11-12H2,1-4H3. The zero-order chi connectivity index (χ0) is 17.1. The van der Waals surface area contributed by atoms with E-state index in [0.29, 0.717) is 11.5 Å². The molecule has 24 heavy (non-hydrogen) atoms. The first-order valence-corrected chi connectivity index (χ1v) is 7.94. The quantitative estimate of drug-likeness (QED) is 0.809. The van der Waals surface area contributed by atoms with Crippen LogP contribution in [0.1, 0.15) is 24.1 Å². The third kappa shape index (κ3) is 2.99. The molecule has 2 aromatic rings. The summed E-state index contributed by atoms with van der Waals surface area (Å²) in [5.41, 5.74) is 2.23. The summed E-state index contributed by atoms with van der Waals surface area (Å²) in [7, 11) is 5.42. The van der Waals surface area contributed by atoms with Crippen molar-refractivity contribution in [2.75, 3.05) is 28.1 Å². The fraction of sp³-hybridized carbons (Fsp3) is 0.368. The Morgan fingerprint density at radius 1 is 1.00 bits per heavy atom. The predicted molar refractivity (Wildman–Crippen MR) is 92.0 cm³/mol. The van der Waals surface area contributed by atoms with Gasteiger partial charge in [-0.3, -0.25) is 4.90 Å². The van der Waals surface area contributed by atoms with Crippen LogP contribution in [-0.4, -0.2) is 33.0 Å². The molecule has 0 N–H and O–H groups in total. The van der Waals surface area contributed by atoms with Crippen LogP contribution in [0.4, 0.5) is 0 Å². The number of rotatable bonds is 6. The van der Waals surface area contributed by atoms with Gasteiger partial charge in [-0.15, -0.1) is 0 Å². The van der Waals surface area contributed by atoms with Crippen molar-refractivity contribution in [2.45, 2.75) is 19.5 Å². The molecule has 128 valence electrons. The monoisotopic (exact) mass is 329 g/mol. The third-order valence-corrected chi connectivity index (χ3v) is 4.46. The van der Waals surface area contributed by atoms with E-state index in [2.05, 4.69) is 24.9 Å². The smallest absolute Gasteiger partial charge is 0.231 e.